The van der Waals surface area contributed by atoms with E-state index < -0.39 is 0 Å². The maximum absolute atomic E-state index is 12.7. The van der Waals surface area contributed by atoms with Gasteiger partial charge in [-0.3, -0.25) is 14.5 Å². The second-order valence-electron chi connectivity index (χ2n) is 7.17. The van der Waals surface area contributed by atoms with Crippen molar-refractivity contribution in [1.82, 2.24) is 9.80 Å². The first kappa shape index (κ1) is 18.1. The maximum Gasteiger partial charge on any atom is 0.223 e. The summed E-state index contributed by atoms with van der Waals surface area (Å²) >= 11 is 0. The molecule has 1 aromatic rings. The molecule has 0 aromatic heterocycles. The van der Waals surface area contributed by atoms with Crippen LogP contribution in [0.5, 0.6) is 0 Å². The van der Waals surface area contributed by atoms with Crippen LogP contribution in [0.3, 0.4) is 0 Å². The molecule has 3 aliphatic heterocycles. The third kappa shape index (κ3) is 4.67. The van der Waals surface area contributed by atoms with E-state index >= 15 is 0 Å². The number of Topliss-reactive ketones (excluding diaryl/α,β-unsaturated/α-hetero) is 1. The second kappa shape index (κ2) is 8.59. The maximum atomic E-state index is 12.7. The van der Waals surface area contributed by atoms with Gasteiger partial charge < -0.3 is 9.64 Å². The van der Waals surface area contributed by atoms with E-state index in [9.17, 15) is 9.59 Å². The van der Waals surface area contributed by atoms with Crippen LogP contribution in [0.2, 0.25) is 0 Å². The summed E-state index contributed by atoms with van der Waals surface area (Å²) in [6.45, 7) is 4.35. The van der Waals surface area contributed by atoms with E-state index in [2.05, 4.69) is 4.90 Å². The molecule has 3 fully saturated rings. The quantitative estimate of drug-likeness (QED) is 0.712. The van der Waals surface area contributed by atoms with Crippen molar-refractivity contribution < 1.29 is 14.3 Å². The summed E-state index contributed by atoms with van der Waals surface area (Å²) in [4.78, 5) is 29.3. The summed E-state index contributed by atoms with van der Waals surface area (Å²) in [5.41, 5.74) is 0.692. The van der Waals surface area contributed by atoms with Crippen molar-refractivity contribution in [2.75, 3.05) is 39.9 Å². The Balaban J connectivity index is 1.53. The minimum Gasteiger partial charge on any atom is -0.383 e. The van der Waals surface area contributed by atoms with Gasteiger partial charge >= 0.3 is 0 Å². The molecule has 3 aliphatic rings. The summed E-state index contributed by atoms with van der Waals surface area (Å²) in [5, 5.41) is 0. The van der Waals surface area contributed by atoms with Gasteiger partial charge in [0.1, 0.15) is 0 Å². The van der Waals surface area contributed by atoms with Gasteiger partial charge in [0.2, 0.25) is 5.91 Å². The third-order valence-corrected chi connectivity index (χ3v) is 5.42. The van der Waals surface area contributed by atoms with E-state index in [1.165, 1.54) is 6.42 Å². The molecule has 4 rings (SSSR count). The van der Waals surface area contributed by atoms with Crippen LogP contribution in [-0.2, 0) is 9.53 Å². The fourth-order valence-corrected chi connectivity index (χ4v) is 4.01. The molecule has 0 saturated carbocycles. The number of fused-ring (bicyclic) bond motifs is 4. The lowest BCUT2D eigenvalue weighted by Gasteiger charge is -2.35. The van der Waals surface area contributed by atoms with E-state index in [4.69, 9.17) is 4.74 Å². The van der Waals surface area contributed by atoms with Gasteiger partial charge in [0.15, 0.2) is 5.78 Å². The first-order valence-corrected chi connectivity index (χ1v) is 9.26. The normalized spacial score (nSPS) is 23.5. The number of nitrogens with zero attached hydrogens (tertiary/aromatic N) is 2. The highest BCUT2D eigenvalue weighted by Gasteiger charge is 2.36. The Hall–Kier alpha value is -1.72. The van der Waals surface area contributed by atoms with Crippen LogP contribution in [0.4, 0.5) is 0 Å². The van der Waals surface area contributed by atoms with Crippen LogP contribution >= 0.6 is 0 Å². The number of hydrogen-bond donors (Lipinski definition) is 0. The lowest BCUT2D eigenvalue weighted by molar-refractivity contribution is -0.131. The van der Waals surface area contributed by atoms with Crippen LogP contribution < -0.4 is 0 Å². The molecule has 25 heavy (non-hydrogen) atoms. The molecule has 2 bridgehead atoms. The average Bonchev–Trinajstić information content (AvgIpc) is 2.96. The van der Waals surface area contributed by atoms with E-state index in [-0.39, 0.29) is 11.7 Å². The predicted octanol–water partition coefficient (Wildman–Crippen LogP) is 2.22. The molecule has 0 unspecified atom stereocenters. The zero-order chi connectivity index (χ0) is 17.6. The predicted molar refractivity (Wildman–Crippen MR) is 96.5 cm³/mol. The highest BCUT2D eigenvalue weighted by Crippen LogP contribution is 2.28. The molecule has 3 heterocycles. The third-order valence-electron chi connectivity index (χ3n) is 5.42. The first-order chi connectivity index (χ1) is 12.2. The number of hydrogen-bond acceptors (Lipinski definition) is 4. The first-order valence-electron chi connectivity index (χ1n) is 9.26. The standard InChI is InChI=1S/C20H28N2O3/c1-25-12-11-21-13-16-7-8-18(21)15-22(14-16)20(24)10-9-19(23)17-5-3-2-4-6-17/h2-6,16,18H,7-15H2,1H3/t16-,18-/m1/s1. The number of benzene rings is 1. The number of amides is 1. The van der Waals surface area contributed by atoms with Gasteiger partial charge in [0, 0.05) is 57.7 Å². The minimum absolute atomic E-state index is 0.0495. The number of piperidine rings is 1. The number of ether oxygens (including phenoxy) is 1. The van der Waals surface area contributed by atoms with Crippen molar-refractivity contribution in [3.63, 3.8) is 0 Å². The lowest BCUT2D eigenvalue weighted by atomic mass is 9.95. The molecular formula is C20H28N2O3. The molecule has 0 radical (unpaired) electrons. The Labute approximate surface area is 149 Å². The average molecular weight is 344 g/mol. The summed E-state index contributed by atoms with van der Waals surface area (Å²) in [6.07, 6.45) is 2.95. The van der Waals surface area contributed by atoms with Crippen LogP contribution in [0.25, 0.3) is 0 Å². The number of methoxy groups -OCH3 is 1. The van der Waals surface area contributed by atoms with E-state index in [0.29, 0.717) is 30.4 Å². The number of ketones is 1. The Kier molecular flexibility index (Phi) is 6.21. The van der Waals surface area contributed by atoms with Gasteiger partial charge in [-0.1, -0.05) is 30.3 Å². The molecule has 5 heteroatoms. The van der Waals surface area contributed by atoms with Gasteiger partial charge in [0.25, 0.3) is 0 Å². The second-order valence-corrected chi connectivity index (χ2v) is 7.17. The smallest absolute Gasteiger partial charge is 0.223 e. The van der Waals surface area contributed by atoms with Crippen molar-refractivity contribution in [1.29, 1.82) is 0 Å². The highest BCUT2D eigenvalue weighted by atomic mass is 16.5. The fourth-order valence-electron chi connectivity index (χ4n) is 4.01. The fraction of sp³-hybridized carbons (Fsp3) is 0.600. The van der Waals surface area contributed by atoms with Gasteiger partial charge in [-0.15, -0.1) is 0 Å². The molecule has 0 spiro atoms. The van der Waals surface area contributed by atoms with Gasteiger partial charge in [0.05, 0.1) is 6.61 Å². The molecule has 0 N–H and O–H groups in total. The minimum atomic E-state index is 0.0495. The van der Waals surface area contributed by atoms with Crippen LogP contribution in [0.1, 0.15) is 36.0 Å². The molecule has 136 valence electrons. The number of carbonyl (C=O) groups excluding carboxylic acids is 2. The summed E-state index contributed by atoms with van der Waals surface area (Å²) in [5.74, 6) is 0.715. The zero-order valence-electron chi connectivity index (χ0n) is 15.0. The molecule has 0 aliphatic carbocycles. The van der Waals surface area contributed by atoms with E-state index in [1.807, 2.05) is 35.2 Å². The van der Waals surface area contributed by atoms with Gasteiger partial charge in [-0.05, 0) is 18.8 Å². The zero-order valence-corrected chi connectivity index (χ0v) is 15.0. The van der Waals surface area contributed by atoms with Crippen molar-refractivity contribution in [3.8, 4) is 0 Å². The Bertz CT molecular complexity index is 590. The van der Waals surface area contributed by atoms with Crippen LogP contribution in [-0.4, -0.2) is 67.4 Å². The topological polar surface area (TPSA) is 49.9 Å². The number of carbonyl (C=O) groups is 2. The van der Waals surface area contributed by atoms with Gasteiger partial charge in [-0.2, -0.15) is 0 Å². The lowest BCUT2D eigenvalue weighted by Crippen LogP contribution is -2.45. The van der Waals surface area contributed by atoms with Crippen molar-refractivity contribution in [3.05, 3.63) is 35.9 Å². The Morgan fingerprint density at radius 3 is 2.64 bits per heavy atom. The molecule has 1 aromatic carbocycles. The molecule has 2 atom stereocenters. The molecule has 3 saturated heterocycles. The largest absolute Gasteiger partial charge is 0.383 e. The van der Waals surface area contributed by atoms with Crippen LogP contribution in [0.15, 0.2) is 30.3 Å². The summed E-state index contributed by atoms with van der Waals surface area (Å²) in [7, 11) is 1.73. The van der Waals surface area contributed by atoms with E-state index in [1.54, 1.807) is 7.11 Å². The van der Waals surface area contributed by atoms with Crippen molar-refractivity contribution in [2.24, 2.45) is 5.92 Å². The monoisotopic (exact) mass is 344 g/mol. The summed E-state index contributed by atoms with van der Waals surface area (Å²) in [6, 6.07) is 9.67. The Morgan fingerprint density at radius 2 is 1.88 bits per heavy atom. The Morgan fingerprint density at radius 1 is 1.08 bits per heavy atom. The summed E-state index contributed by atoms with van der Waals surface area (Å²) < 4.78 is 5.21. The van der Waals surface area contributed by atoms with E-state index in [0.717, 1.165) is 39.2 Å². The van der Waals surface area contributed by atoms with Gasteiger partial charge in [-0.25, -0.2) is 0 Å². The molecular weight excluding hydrogens is 316 g/mol. The van der Waals surface area contributed by atoms with Crippen LogP contribution in [0, 0.1) is 5.92 Å². The number of rotatable bonds is 7. The molecule has 5 nitrogen and oxygen atoms in total. The highest BCUT2D eigenvalue weighted by molar-refractivity contribution is 5.97. The van der Waals surface area contributed by atoms with Crippen molar-refractivity contribution >= 4 is 11.7 Å². The molecule has 1 amide bonds. The SMILES string of the molecule is COCCN1C[C@H]2CC[C@@H]1CN(C(=O)CCC(=O)c1ccccc1)C2. The van der Waals surface area contributed by atoms with Crippen molar-refractivity contribution in [2.45, 2.75) is 31.7 Å².